The molecule has 0 radical (unpaired) electrons. The Bertz CT molecular complexity index is 253. The maximum atomic E-state index is 11.9. The van der Waals surface area contributed by atoms with E-state index in [2.05, 4.69) is 5.32 Å². The summed E-state index contributed by atoms with van der Waals surface area (Å²) in [5.41, 5.74) is 0. The average molecular weight is 241 g/mol. The quantitative estimate of drug-likeness (QED) is 0.743. The Morgan fingerprint density at radius 3 is 2.31 bits per heavy atom. The van der Waals surface area contributed by atoms with Crippen molar-refractivity contribution < 1.29 is 27.9 Å². The lowest BCUT2D eigenvalue weighted by Gasteiger charge is -2.15. The van der Waals surface area contributed by atoms with E-state index in [9.17, 15) is 22.8 Å². The Hall–Kier alpha value is -1.27. The maximum absolute atomic E-state index is 11.9. The number of carbonyl (C=O) groups excluding carboxylic acids is 1. The highest BCUT2D eigenvalue weighted by atomic mass is 19.4. The normalized spacial score (nSPS) is 13.2. The minimum atomic E-state index is -4.31. The van der Waals surface area contributed by atoms with Crippen LogP contribution in [0, 0.1) is 0 Å². The molecule has 1 atom stereocenters. The van der Waals surface area contributed by atoms with Crippen LogP contribution in [-0.2, 0) is 9.59 Å². The number of nitrogens with one attached hydrogen (secondary N) is 1. The van der Waals surface area contributed by atoms with Gasteiger partial charge in [0, 0.05) is 18.9 Å². The Kier molecular flexibility index (Phi) is 5.84. The first kappa shape index (κ1) is 14.7. The van der Waals surface area contributed by atoms with E-state index in [-0.39, 0.29) is 19.3 Å². The van der Waals surface area contributed by atoms with Gasteiger partial charge in [-0.25, -0.2) is 0 Å². The minimum absolute atomic E-state index is 0.0749. The summed E-state index contributed by atoms with van der Waals surface area (Å²) >= 11 is 0. The van der Waals surface area contributed by atoms with E-state index >= 15 is 0 Å². The van der Waals surface area contributed by atoms with Gasteiger partial charge in [-0.05, 0) is 13.3 Å². The van der Waals surface area contributed by atoms with Crippen LogP contribution < -0.4 is 5.32 Å². The number of hydrogen-bond donors (Lipinski definition) is 2. The van der Waals surface area contributed by atoms with Gasteiger partial charge in [-0.3, -0.25) is 9.59 Å². The second kappa shape index (κ2) is 6.34. The van der Waals surface area contributed by atoms with Gasteiger partial charge in [-0.2, -0.15) is 13.2 Å². The molecule has 0 aromatic heterocycles. The molecule has 1 unspecified atom stereocenters. The molecular weight excluding hydrogens is 227 g/mol. The Balaban J connectivity index is 3.74. The predicted molar refractivity (Wildman–Crippen MR) is 49.8 cm³/mol. The maximum Gasteiger partial charge on any atom is 0.391 e. The van der Waals surface area contributed by atoms with E-state index in [4.69, 9.17) is 5.11 Å². The van der Waals surface area contributed by atoms with Gasteiger partial charge < -0.3 is 10.4 Å². The molecule has 1 amide bonds. The van der Waals surface area contributed by atoms with Crippen molar-refractivity contribution in [1.29, 1.82) is 0 Å². The van der Waals surface area contributed by atoms with Crippen LogP contribution in [0.5, 0.6) is 0 Å². The van der Waals surface area contributed by atoms with Crippen molar-refractivity contribution in [2.45, 2.75) is 44.8 Å². The Morgan fingerprint density at radius 1 is 1.31 bits per heavy atom. The number of carboxylic acid groups (broad SMARTS) is 1. The Morgan fingerprint density at radius 2 is 1.88 bits per heavy atom. The third-order valence-electron chi connectivity index (χ3n) is 1.74. The smallest absolute Gasteiger partial charge is 0.391 e. The highest BCUT2D eigenvalue weighted by molar-refractivity contribution is 5.77. The van der Waals surface area contributed by atoms with Gasteiger partial charge in [0.25, 0.3) is 0 Å². The molecule has 0 spiro atoms. The number of aliphatic carboxylic acids is 1. The van der Waals surface area contributed by atoms with E-state index < -0.39 is 30.5 Å². The summed E-state index contributed by atoms with van der Waals surface area (Å²) in [5.74, 6) is -1.59. The van der Waals surface area contributed by atoms with E-state index in [0.717, 1.165) is 0 Å². The molecule has 4 nitrogen and oxygen atoms in total. The van der Waals surface area contributed by atoms with E-state index in [1.165, 1.54) is 6.92 Å². The van der Waals surface area contributed by atoms with Gasteiger partial charge in [0.1, 0.15) is 0 Å². The average Bonchev–Trinajstić information content (AvgIpc) is 1.98. The zero-order valence-electron chi connectivity index (χ0n) is 8.80. The molecule has 0 saturated heterocycles. The number of alkyl halides is 3. The highest BCUT2D eigenvalue weighted by Gasteiger charge is 2.30. The van der Waals surface area contributed by atoms with E-state index in [1.54, 1.807) is 0 Å². The summed E-state index contributed by atoms with van der Waals surface area (Å²) in [6, 6.07) is -0.989. The van der Waals surface area contributed by atoms with Crippen molar-refractivity contribution in [1.82, 2.24) is 5.32 Å². The van der Waals surface area contributed by atoms with E-state index in [0.29, 0.717) is 0 Å². The topological polar surface area (TPSA) is 66.4 Å². The first-order valence-electron chi connectivity index (χ1n) is 4.78. The highest BCUT2D eigenvalue weighted by Crippen LogP contribution is 2.21. The fourth-order valence-electron chi connectivity index (χ4n) is 1.15. The molecule has 0 bridgehead atoms. The SMILES string of the molecule is CC(CC(F)(F)F)NC(=O)CCCC(=O)O. The third kappa shape index (κ3) is 9.29. The molecule has 0 saturated carbocycles. The molecular formula is C9H14F3NO3. The van der Waals surface area contributed by atoms with Crippen LogP contribution >= 0.6 is 0 Å². The van der Waals surface area contributed by atoms with Crippen LogP contribution in [0.25, 0.3) is 0 Å². The zero-order valence-corrected chi connectivity index (χ0v) is 8.80. The van der Waals surface area contributed by atoms with Crippen LogP contribution in [0.2, 0.25) is 0 Å². The van der Waals surface area contributed by atoms with Crippen molar-refractivity contribution >= 4 is 11.9 Å². The predicted octanol–water partition coefficient (Wildman–Crippen LogP) is 1.70. The van der Waals surface area contributed by atoms with Gasteiger partial charge >= 0.3 is 12.1 Å². The lowest BCUT2D eigenvalue weighted by atomic mass is 10.2. The summed E-state index contributed by atoms with van der Waals surface area (Å²) in [6.45, 7) is 1.25. The number of amides is 1. The summed E-state index contributed by atoms with van der Waals surface area (Å²) < 4.78 is 35.7. The molecule has 0 heterocycles. The first-order valence-corrected chi connectivity index (χ1v) is 4.78. The molecule has 2 N–H and O–H groups in total. The molecule has 0 aromatic carbocycles. The molecule has 0 rings (SSSR count). The second-order valence-corrected chi connectivity index (χ2v) is 3.54. The lowest BCUT2D eigenvalue weighted by Crippen LogP contribution is -2.35. The number of carbonyl (C=O) groups is 2. The number of hydrogen-bond acceptors (Lipinski definition) is 2. The van der Waals surface area contributed by atoms with Gasteiger partial charge in [0.05, 0.1) is 6.42 Å². The zero-order chi connectivity index (χ0) is 12.8. The summed E-state index contributed by atoms with van der Waals surface area (Å²) in [6.07, 6.45) is -5.51. The van der Waals surface area contributed by atoms with Crippen molar-refractivity contribution in [2.24, 2.45) is 0 Å². The minimum Gasteiger partial charge on any atom is -0.481 e. The fourth-order valence-corrected chi connectivity index (χ4v) is 1.15. The number of carboxylic acids is 1. The van der Waals surface area contributed by atoms with Crippen LogP contribution in [-0.4, -0.2) is 29.2 Å². The van der Waals surface area contributed by atoms with Gasteiger partial charge in [-0.1, -0.05) is 0 Å². The van der Waals surface area contributed by atoms with Crippen LogP contribution in [0.3, 0.4) is 0 Å². The van der Waals surface area contributed by atoms with E-state index in [1.807, 2.05) is 0 Å². The largest absolute Gasteiger partial charge is 0.481 e. The molecule has 0 aliphatic rings. The lowest BCUT2D eigenvalue weighted by molar-refractivity contribution is -0.141. The molecule has 0 fully saturated rings. The van der Waals surface area contributed by atoms with Crippen LogP contribution in [0.1, 0.15) is 32.6 Å². The fraction of sp³-hybridized carbons (Fsp3) is 0.778. The van der Waals surface area contributed by atoms with Crippen molar-refractivity contribution in [2.75, 3.05) is 0 Å². The number of rotatable bonds is 6. The number of halogens is 3. The van der Waals surface area contributed by atoms with Crippen LogP contribution in [0.15, 0.2) is 0 Å². The van der Waals surface area contributed by atoms with Crippen molar-refractivity contribution in [3.8, 4) is 0 Å². The first-order chi connectivity index (χ1) is 7.20. The van der Waals surface area contributed by atoms with Gasteiger partial charge in [-0.15, -0.1) is 0 Å². The molecule has 7 heteroatoms. The standard InChI is InChI=1S/C9H14F3NO3/c1-6(5-9(10,11)12)13-7(14)3-2-4-8(15)16/h6H,2-5H2,1H3,(H,13,14)(H,15,16). The molecule has 0 aliphatic heterocycles. The van der Waals surface area contributed by atoms with Gasteiger partial charge in [0.15, 0.2) is 0 Å². The molecule has 0 aliphatic carbocycles. The Labute approximate surface area is 90.8 Å². The molecule has 16 heavy (non-hydrogen) atoms. The third-order valence-corrected chi connectivity index (χ3v) is 1.74. The van der Waals surface area contributed by atoms with Crippen molar-refractivity contribution in [3.63, 3.8) is 0 Å². The molecule has 0 aromatic rings. The van der Waals surface area contributed by atoms with Crippen molar-refractivity contribution in [3.05, 3.63) is 0 Å². The summed E-state index contributed by atoms with van der Waals surface area (Å²) in [7, 11) is 0. The van der Waals surface area contributed by atoms with Crippen LogP contribution in [0.4, 0.5) is 13.2 Å². The molecule has 94 valence electrons. The second-order valence-electron chi connectivity index (χ2n) is 3.54. The summed E-state index contributed by atoms with van der Waals surface area (Å²) in [5, 5.41) is 10.4. The monoisotopic (exact) mass is 241 g/mol. The summed E-state index contributed by atoms with van der Waals surface area (Å²) in [4.78, 5) is 21.2. The van der Waals surface area contributed by atoms with Gasteiger partial charge in [0.2, 0.25) is 5.91 Å².